The molecule has 1 aliphatic heterocycles. The fourth-order valence-electron chi connectivity index (χ4n) is 2.46. The maximum Gasteiger partial charge on any atom is 0.271 e. The number of amides is 1. The molecule has 3 rings (SSSR count). The summed E-state index contributed by atoms with van der Waals surface area (Å²) in [4.78, 5) is 19.5. The lowest BCUT2D eigenvalue weighted by Crippen LogP contribution is -2.36. The van der Waals surface area contributed by atoms with Gasteiger partial charge in [0.25, 0.3) is 5.91 Å². The lowest BCUT2D eigenvalue weighted by Gasteiger charge is -2.19. The zero-order valence-electron chi connectivity index (χ0n) is 13.1. The fourth-order valence-corrected chi connectivity index (χ4v) is 2.46. The normalized spacial score (nSPS) is 16.4. The van der Waals surface area contributed by atoms with E-state index in [0.29, 0.717) is 6.42 Å². The van der Waals surface area contributed by atoms with Gasteiger partial charge < -0.3 is 14.5 Å². The Kier molecular flexibility index (Phi) is 4.28. The van der Waals surface area contributed by atoms with Crippen LogP contribution in [0.1, 0.15) is 12.0 Å². The Morgan fingerprint density at radius 3 is 2.52 bits per heavy atom. The molecule has 1 heterocycles. The highest BCUT2D eigenvalue weighted by Gasteiger charge is 2.31. The third-order valence-electron chi connectivity index (χ3n) is 3.84. The van der Waals surface area contributed by atoms with Crippen LogP contribution in [-0.4, -0.2) is 31.9 Å². The molecule has 0 bridgehead atoms. The third-order valence-corrected chi connectivity index (χ3v) is 3.84. The van der Waals surface area contributed by atoms with Crippen LogP contribution in [0, 0.1) is 0 Å². The molecule has 0 saturated heterocycles. The van der Waals surface area contributed by atoms with Gasteiger partial charge in [0.2, 0.25) is 6.10 Å². The Bertz CT molecular complexity index is 711. The van der Waals surface area contributed by atoms with Crippen molar-refractivity contribution in [2.45, 2.75) is 12.5 Å². The number of likely N-dealkylation sites (N-methyl/N-ethyl adjacent to an activating group) is 1. The maximum atomic E-state index is 12.5. The second-order valence-electron chi connectivity index (χ2n) is 5.30. The second kappa shape index (κ2) is 6.52. The third kappa shape index (κ3) is 3.18. The summed E-state index contributed by atoms with van der Waals surface area (Å²) in [5, 5.41) is 4.07. The number of oxime groups is 1. The molecule has 2 aromatic carbocycles. The Morgan fingerprint density at radius 2 is 1.87 bits per heavy atom. The predicted octanol–water partition coefficient (Wildman–Crippen LogP) is 2.85. The van der Waals surface area contributed by atoms with E-state index in [1.165, 1.54) is 0 Å². The van der Waals surface area contributed by atoms with Crippen LogP contribution < -0.4 is 9.64 Å². The first kappa shape index (κ1) is 15.1. The molecule has 118 valence electrons. The van der Waals surface area contributed by atoms with Crippen LogP contribution in [0.2, 0.25) is 0 Å². The summed E-state index contributed by atoms with van der Waals surface area (Å²) in [5.74, 6) is 0.674. The summed E-state index contributed by atoms with van der Waals surface area (Å²) in [6, 6.07) is 17.0. The Morgan fingerprint density at radius 1 is 1.17 bits per heavy atom. The summed E-state index contributed by atoms with van der Waals surface area (Å²) in [5.41, 5.74) is 2.54. The molecule has 23 heavy (non-hydrogen) atoms. The van der Waals surface area contributed by atoms with Crippen LogP contribution in [-0.2, 0) is 9.63 Å². The quantitative estimate of drug-likeness (QED) is 0.872. The molecule has 1 amide bonds. The Labute approximate surface area is 135 Å². The van der Waals surface area contributed by atoms with Gasteiger partial charge in [0.05, 0.1) is 12.8 Å². The molecule has 0 N–H and O–H groups in total. The van der Waals surface area contributed by atoms with E-state index in [4.69, 9.17) is 9.57 Å². The minimum absolute atomic E-state index is 0.108. The van der Waals surface area contributed by atoms with Crippen molar-refractivity contribution in [1.82, 2.24) is 0 Å². The van der Waals surface area contributed by atoms with Crippen molar-refractivity contribution in [1.29, 1.82) is 0 Å². The first-order valence-corrected chi connectivity index (χ1v) is 7.39. The van der Waals surface area contributed by atoms with Gasteiger partial charge in [0, 0.05) is 19.2 Å². The summed E-state index contributed by atoms with van der Waals surface area (Å²) in [7, 11) is 3.37. The van der Waals surface area contributed by atoms with Gasteiger partial charge in [-0.05, 0) is 42.0 Å². The number of benzene rings is 2. The molecule has 1 atom stereocenters. The summed E-state index contributed by atoms with van der Waals surface area (Å²) < 4.78 is 5.14. The number of hydrogen-bond acceptors (Lipinski definition) is 4. The summed E-state index contributed by atoms with van der Waals surface area (Å²) >= 11 is 0. The smallest absolute Gasteiger partial charge is 0.271 e. The van der Waals surface area contributed by atoms with Crippen molar-refractivity contribution in [3.63, 3.8) is 0 Å². The standard InChI is InChI=1S/C18H18N2O3/c1-20(14-6-4-3-5-7-14)18(21)17-12-16(19-23-17)13-8-10-15(22-2)11-9-13/h3-11,17H,12H2,1-2H3. The van der Waals surface area contributed by atoms with Gasteiger partial charge in [-0.15, -0.1) is 0 Å². The van der Waals surface area contributed by atoms with Gasteiger partial charge in [0.15, 0.2) is 0 Å². The average molecular weight is 310 g/mol. The van der Waals surface area contributed by atoms with Gasteiger partial charge in [0.1, 0.15) is 5.75 Å². The average Bonchev–Trinajstić information content (AvgIpc) is 3.11. The number of carbonyl (C=O) groups excluding carboxylic acids is 1. The largest absolute Gasteiger partial charge is 0.497 e. The molecular formula is C18H18N2O3. The van der Waals surface area contributed by atoms with E-state index in [-0.39, 0.29) is 5.91 Å². The van der Waals surface area contributed by atoms with Crippen molar-refractivity contribution in [3.8, 4) is 5.75 Å². The van der Waals surface area contributed by atoms with Gasteiger partial charge in [-0.25, -0.2) is 0 Å². The summed E-state index contributed by atoms with van der Waals surface area (Å²) in [6.07, 6.45) is -0.125. The van der Waals surface area contributed by atoms with Crippen LogP contribution in [0.4, 0.5) is 5.69 Å². The second-order valence-corrected chi connectivity index (χ2v) is 5.30. The van der Waals surface area contributed by atoms with Crippen molar-refractivity contribution in [2.24, 2.45) is 5.16 Å². The summed E-state index contributed by atoms with van der Waals surface area (Å²) in [6.45, 7) is 0. The lowest BCUT2D eigenvalue weighted by molar-refractivity contribution is -0.128. The van der Waals surface area contributed by atoms with Crippen LogP contribution in [0.25, 0.3) is 0 Å². The number of anilines is 1. The molecular weight excluding hydrogens is 292 g/mol. The first-order chi connectivity index (χ1) is 11.2. The zero-order chi connectivity index (χ0) is 16.2. The zero-order valence-corrected chi connectivity index (χ0v) is 13.1. The van der Waals surface area contributed by atoms with Gasteiger partial charge in [-0.1, -0.05) is 23.4 Å². The molecule has 0 spiro atoms. The highest BCUT2D eigenvalue weighted by atomic mass is 16.6. The highest BCUT2D eigenvalue weighted by molar-refractivity contribution is 6.06. The number of carbonyl (C=O) groups is 1. The molecule has 0 fully saturated rings. The molecule has 5 nitrogen and oxygen atoms in total. The number of hydrogen-bond donors (Lipinski definition) is 0. The van der Waals surface area contributed by atoms with E-state index in [0.717, 1.165) is 22.7 Å². The van der Waals surface area contributed by atoms with E-state index in [9.17, 15) is 4.79 Å². The molecule has 0 saturated carbocycles. The van der Waals surface area contributed by atoms with Crippen molar-refractivity contribution in [3.05, 3.63) is 60.2 Å². The number of para-hydroxylation sites is 1. The van der Waals surface area contributed by atoms with Crippen molar-refractivity contribution < 1.29 is 14.4 Å². The van der Waals surface area contributed by atoms with E-state index in [1.54, 1.807) is 19.1 Å². The minimum Gasteiger partial charge on any atom is -0.497 e. The SMILES string of the molecule is COc1ccc(C2=NOC(C(=O)N(C)c3ccccc3)C2)cc1. The van der Waals surface area contributed by atoms with E-state index < -0.39 is 6.10 Å². The number of rotatable bonds is 4. The van der Waals surface area contributed by atoms with Gasteiger partial charge in [-0.2, -0.15) is 0 Å². The van der Waals surface area contributed by atoms with Crippen LogP contribution in [0.15, 0.2) is 59.8 Å². The number of ether oxygens (including phenoxy) is 1. The molecule has 2 aromatic rings. The molecule has 5 heteroatoms. The minimum atomic E-state index is -0.586. The topological polar surface area (TPSA) is 51.1 Å². The van der Waals surface area contributed by atoms with E-state index in [1.807, 2.05) is 54.6 Å². The molecule has 0 radical (unpaired) electrons. The first-order valence-electron chi connectivity index (χ1n) is 7.39. The van der Waals surface area contributed by atoms with Crippen LogP contribution in [0.5, 0.6) is 5.75 Å². The molecule has 0 aromatic heterocycles. The van der Waals surface area contributed by atoms with Gasteiger partial charge >= 0.3 is 0 Å². The van der Waals surface area contributed by atoms with Crippen molar-refractivity contribution >= 4 is 17.3 Å². The fraction of sp³-hybridized carbons (Fsp3) is 0.222. The van der Waals surface area contributed by atoms with Gasteiger partial charge in [-0.3, -0.25) is 4.79 Å². The van der Waals surface area contributed by atoms with E-state index >= 15 is 0 Å². The predicted molar refractivity (Wildman–Crippen MR) is 88.9 cm³/mol. The Balaban J connectivity index is 1.67. The highest BCUT2D eigenvalue weighted by Crippen LogP contribution is 2.22. The number of nitrogens with zero attached hydrogens (tertiary/aromatic N) is 2. The molecule has 1 unspecified atom stereocenters. The number of methoxy groups -OCH3 is 1. The maximum absolute atomic E-state index is 12.5. The lowest BCUT2D eigenvalue weighted by atomic mass is 10.0. The van der Waals surface area contributed by atoms with Crippen molar-refractivity contribution in [2.75, 3.05) is 19.1 Å². The molecule has 1 aliphatic rings. The van der Waals surface area contributed by atoms with Crippen LogP contribution in [0.3, 0.4) is 0 Å². The van der Waals surface area contributed by atoms with Crippen LogP contribution >= 0.6 is 0 Å². The molecule has 0 aliphatic carbocycles. The van der Waals surface area contributed by atoms with E-state index in [2.05, 4.69) is 5.16 Å². The monoisotopic (exact) mass is 310 g/mol. The Hall–Kier alpha value is -2.82.